The van der Waals surface area contributed by atoms with Gasteiger partial charge in [0.05, 0.1) is 39.1 Å². The van der Waals surface area contributed by atoms with Crippen molar-refractivity contribution < 1.29 is 18.1 Å². The number of carbonyl (C=O) groups is 1. The number of sulfonamides is 1. The molecule has 146 valence electrons. The summed E-state index contributed by atoms with van der Waals surface area (Å²) in [6, 6.07) is 16.1. The standard InChI is InChI=1S/C20H27N3O3S/c1-22(2)15-7-14-21-20(24)18-10-12-19(13-11-18)23(27(3,25)26)16-17-8-5-4-6-9-17/h4-6,8-13H,7,14-16H2,1-3H3,(H,21,24)/p+1. The summed E-state index contributed by atoms with van der Waals surface area (Å²) in [5.74, 6) is -0.149. The number of nitrogens with zero attached hydrogens (tertiary/aromatic N) is 1. The fraction of sp³-hybridized carbons (Fsp3) is 0.350. The number of amides is 1. The molecule has 0 spiro atoms. The molecular weight excluding hydrogens is 362 g/mol. The van der Waals surface area contributed by atoms with Crippen molar-refractivity contribution in [3.05, 3.63) is 65.7 Å². The van der Waals surface area contributed by atoms with E-state index in [9.17, 15) is 13.2 Å². The number of quaternary nitrogens is 1. The number of hydrogen-bond donors (Lipinski definition) is 2. The van der Waals surface area contributed by atoms with Gasteiger partial charge in [-0.2, -0.15) is 0 Å². The minimum Gasteiger partial charge on any atom is -0.352 e. The summed E-state index contributed by atoms with van der Waals surface area (Å²) in [7, 11) is 0.701. The summed E-state index contributed by atoms with van der Waals surface area (Å²) in [5.41, 5.74) is 1.95. The van der Waals surface area contributed by atoms with Crippen molar-refractivity contribution in [1.29, 1.82) is 0 Å². The number of hydrogen-bond acceptors (Lipinski definition) is 3. The Hall–Kier alpha value is -2.38. The van der Waals surface area contributed by atoms with Gasteiger partial charge in [0.15, 0.2) is 0 Å². The highest BCUT2D eigenvalue weighted by molar-refractivity contribution is 7.92. The van der Waals surface area contributed by atoms with E-state index in [4.69, 9.17) is 0 Å². The molecule has 0 bridgehead atoms. The monoisotopic (exact) mass is 390 g/mol. The van der Waals surface area contributed by atoms with E-state index in [1.165, 1.54) is 15.5 Å². The molecule has 0 aliphatic heterocycles. The average Bonchev–Trinajstić information content (AvgIpc) is 2.63. The number of anilines is 1. The zero-order valence-electron chi connectivity index (χ0n) is 16.1. The quantitative estimate of drug-likeness (QED) is 0.626. The molecule has 0 unspecified atom stereocenters. The minimum atomic E-state index is -3.44. The highest BCUT2D eigenvalue weighted by Crippen LogP contribution is 2.21. The predicted molar refractivity (Wildman–Crippen MR) is 109 cm³/mol. The topological polar surface area (TPSA) is 70.9 Å². The molecule has 0 aromatic heterocycles. The van der Waals surface area contributed by atoms with Gasteiger partial charge in [-0.15, -0.1) is 0 Å². The summed E-state index contributed by atoms with van der Waals surface area (Å²) >= 11 is 0. The number of benzene rings is 2. The number of rotatable bonds is 9. The second-order valence-corrected chi connectivity index (χ2v) is 8.78. The smallest absolute Gasteiger partial charge is 0.251 e. The molecule has 2 rings (SSSR count). The molecule has 2 N–H and O–H groups in total. The Kier molecular flexibility index (Phi) is 7.38. The minimum absolute atomic E-state index is 0.149. The lowest BCUT2D eigenvalue weighted by Crippen LogP contribution is -3.05. The summed E-state index contributed by atoms with van der Waals surface area (Å²) < 4.78 is 25.8. The molecular formula is C20H28N3O3S+. The molecule has 0 radical (unpaired) electrons. The third-order valence-corrected chi connectivity index (χ3v) is 5.27. The van der Waals surface area contributed by atoms with E-state index in [0.29, 0.717) is 17.8 Å². The van der Waals surface area contributed by atoms with E-state index in [1.807, 2.05) is 30.3 Å². The Morgan fingerprint density at radius 1 is 1.04 bits per heavy atom. The van der Waals surface area contributed by atoms with Gasteiger partial charge < -0.3 is 10.2 Å². The van der Waals surface area contributed by atoms with Gasteiger partial charge in [-0.3, -0.25) is 9.10 Å². The van der Waals surface area contributed by atoms with E-state index in [2.05, 4.69) is 19.4 Å². The summed E-state index contributed by atoms with van der Waals surface area (Å²) in [5, 5.41) is 2.89. The first-order valence-electron chi connectivity index (χ1n) is 8.96. The Morgan fingerprint density at radius 2 is 1.67 bits per heavy atom. The average molecular weight is 391 g/mol. The normalized spacial score (nSPS) is 11.4. The molecule has 0 atom stereocenters. The van der Waals surface area contributed by atoms with Crippen LogP contribution < -0.4 is 14.5 Å². The van der Waals surface area contributed by atoms with E-state index in [-0.39, 0.29) is 12.5 Å². The molecule has 2 aromatic rings. The third kappa shape index (κ3) is 6.69. The maximum absolute atomic E-state index is 12.2. The van der Waals surface area contributed by atoms with Gasteiger partial charge in [0.2, 0.25) is 10.0 Å². The Balaban J connectivity index is 2.07. The van der Waals surface area contributed by atoms with E-state index in [1.54, 1.807) is 24.3 Å². The lowest BCUT2D eigenvalue weighted by molar-refractivity contribution is -0.858. The summed E-state index contributed by atoms with van der Waals surface area (Å²) in [4.78, 5) is 13.5. The van der Waals surface area contributed by atoms with Gasteiger partial charge >= 0.3 is 0 Å². The van der Waals surface area contributed by atoms with Crippen molar-refractivity contribution in [2.75, 3.05) is 37.7 Å². The van der Waals surface area contributed by atoms with Crippen molar-refractivity contribution in [2.24, 2.45) is 0 Å². The van der Waals surface area contributed by atoms with Crippen molar-refractivity contribution in [1.82, 2.24) is 5.32 Å². The molecule has 2 aromatic carbocycles. The highest BCUT2D eigenvalue weighted by Gasteiger charge is 2.18. The molecule has 0 aliphatic carbocycles. The van der Waals surface area contributed by atoms with Crippen LogP contribution in [-0.2, 0) is 16.6 Å². The van der Waals surface area contributed by atoms with Gasteiger partial charge in [-0.1, -0.05) is 30.3 Å². The largest absolute Gasteiger partial charge is 0.352 e. The van der Waals surface area contributed by atoms with Crippen LogP contribution in [0.2, 0.25) is 0 Å². The first-order valence-corrected chi connectivity index (χ1v) is 10.8. The molecule has 0 heterocycles. The molecule has 0 fully saturated rings. The summed E-state index contributed by atoms with van der Waals surface area (Å²) in [6.07, 6.45) is 2.09. The molecule has 7 heteroatoms. The van der Waals surface area contributed by atoms with E-state index >= 15 is 0 Å². The Morgan fingerprint density at radius 3 is 2.22 bits per heavy atom. The molecule has 27 heavy (non-hydrogen) atoms. The van der Waals surface area contributed by atoms with Crippen molar-refractivity contribution >= 4 is 21.6 Å². The van der Waals surface area contributed by atoms with Gasteiger partial charge in [0.1, 0.15) is 0 Å². The summed E-state index contributed by atoms with van der Waals surface area (Å²) in [6.45, 7) is 1.86. The van der Waals surface area contributed by atoms with Crippen LogP contribution in [0.4, 0.5) is 5.69 Å². The van der Waals surface area contributed by atoms with Gasteiger partial charge in [0.25, 0.3) is 5.91 Å². The van der Waals surface area contributed by atoms with Crippen LogP contribution in [-0.4, -0.2) is 47.8 Å². The second kappa shape index (κ2) is 9.53. The Bertz CT molecular complexity index is 835. The maximum Gasteiger partial charge on any atom is 0.251 e. The van der Waals surface area contributed by atoms with Crippen molar-refractivity contribution in [3.8, 4) is 0 Å². The van der Waals surface area contributed by atoms with Gasteiger partial charge in [0, 0.05) is 18.5 Å². The third-order valence-electron chi connectivity index (χ3n) is 4.13. The lowest BCUT2D eigenvalue weighted by Gasteiger charge is -2.22. The first kappa shape index (κ1) is 20.9. The molecule has 1 amide bonds. The van der Waals surface area contributed by atoms with Crippen LogP contribution in [0.1, 0.15) is 22.3 Å². The van der Waals surface area contributed by atoms with Crippen LogP contribution in [0.3, 0.4) is 0 Å². The molecule has 0 saturated carbocycles. The van der Waals surface area contributed by atoms with Crippen LogP contribution >= 0.6 is 0 Å². The lowest BCUT2D eigenvalue weighted by atomic mass is 10.1. The number of carbonyl (C=O) groups excluding carboxylic acids is 1. The zero-order chi connectivity index (χ0) is 19.9. The Labute approximate surface area is 161 Å². The van der Waals surface area contributed by atoms with Gasteiger partial charge in [-0.05, 0) is 29.8 Å². The van der Waals surface area contributed by atoms with Crippen LogP contribution in [0, 0.1) is 0 Å². The van der Waals surface area contributed by atoms with Crippen molar-refractivity contribution in [2.45, 2.75) is 13.0 Å². The van der Waals surface area contributed by atoms with Gasteiger partial charge in [-0.25, -0.2) is 8.42 Å². The van der Waals surface area contributed by atoms with E-state index < -0.39 is 10.0 Å². The fourth-order valence-corrected chi connectivity index (χ4v) is 3.56. The molecule has 0 saturated heterocycles. The fourth-order valence-electron chi connectivity index (χ4n) is 2.67. The van der Waals surface area contributed by atoms with Crippen LogP contribution in [0.5, 0.6) is 0 Å². The van der Waals surface area contributed by atoms with Crippen LogP contribution in [0.15, 0.2) is 54.6 Å². The second-order valence-electron chi connectivity index (χ2n) is 6.87. The molecule has 6 nitrogen and oxygen atoms in total. The van der Waals surface area contributed by atoms with E-state index in [0.717, 1.165) is 18.5 Å². The zero-order valence-corrected chi connectivity index (χ0v) is 16.9. The van der Waals surface area contributed by atoms with Crippen molar-refractivity contribution in [3.63, 3.8) is 0 Å². The van der Waals surface area contributed by atoms with Crippen LogP contribution in [0.25, 0.3) is 0 Å². The first-order chi connectivity index (χ1) is 12.8. The number of nitrogens with one attached hydrogen (secondary N) is 2. The molecule has 0 aliphatic rings. The highest BCUT2D eigenvalue weighted by atomic mass is 32.2. The maximum atomic E-state index is 12.2. The SMILES string of the molecule is C[NH+](C)CCCNC(=O)c1ccc(N(Cc2ccccc2)S(C)(=O)=O)cc1. The predicted octanol–water partition coefficient (Wildman–Crippen LogP) is 0.917.